The fraction of sp³-hybridized carbons (Fsp3) is 0.538. The van der Waals surface area contributed by atoms with Crippen molar-refractivity contribution in [3.63, 3.8) is 0 Å². The lowest BCUT2D eigenvalue weighted by atomic mass is 10.0. The van der Waals surface area contributed by atoms with Gasteiger partial charge < -0.3 is 14.8 Å². The molecule has 1 N–H and O–H groups in total. The van der Waals surface area contributed by atoms with E-state index in [-0.39, 0.29) is 6.10 Å². The highest BCUT2D eigenvalue weighted by atomic mass is 16.5. The van der Waals surface area contributed by atoms with Crippen molar-refractivity contribution < 1.29 is 9.47 Å². The first-order valence-electron chi connectivity index (χ1n) is 5.74. The van der Waals surface area contributed by atoms with Crippen LogP contribution in [0.1, 0.15) is 18.9 Å². The Balaban J connectivity index is 2.09. The maximum atomic E-state index is 5.90. The number of hydrogen-bond acceptors (Lipinski definition) is 3. The van der Waals surface area contributed by atoms with Gasteiger partial charge in [0.2, 0.25) is 0 Å². The van der Waals surface area contributed by atoms with Gasteiger partial charge in [0.15, 0.2) is 0 Å². The lowest BCUT2D eigenvalue weighted by Crippen LogP contribution is -2.28. The molecule has 0 amide bonds. The molecule has 2 atom stereocenters. The van der Waals surface area contributed by atoms with E-state index in [9.17, 15) is 0 Å². The number of methoxy groups -OCH3 is 1. The van der Waals surface area contributed by atoms with Gasteiger partial charge in [-0.2, -0.15) is 0 Å². The Labute approximate surface area is 96.8 Å². The van der Waals surface area contributed by atoms with Crippen molar-refractivity contribution in [1.29, 1.82) is 0 Å². The summed E-state index contributed by atoms with van der Waals surface area (Å²) in [5, 5.41) is 3.24. The first kappa shape index (κ1) is 11.3. The number of hydrogen-bond donors (Lipinski definition) is 1. The summed E-state index contributed by atoms with van der Waals surface area (Å²) in [7, 11) is 3.69. The molecular weight excluding hydrogens is 202 g/mol. The molecule has 0 saturated heterocycles. The summed E-state index contributed by atoms with van der Waals surface area (Å²) >= 11 is 0. The Bertz CT molecular complexity index is 365. The van der Waals surface area contributed by atoms with Gasteiger partial charge in [0.05, 0.1) is 7.11 Å². The van der Waals surface area contributed by atoms with E-state index < -0.39 is 0 Å². The molecule has 1 aromatic carbocycles. The van der Waals surface area contributed by atoms with Crippen LogP contribution in [0, 0.1) is 0 Å². The number of fused-ring (bicyclic) bond motifs is 1. The van der Waals surface area contributed by atoms with E-state index in [1.165, 1.54) is 5.56 Å². The molecule has 1 heterocycles. The van der Waals surface area contributed by atoms with Crippen LogP contribution < -0.4 is 14.8 Å². The van der Waals surface area contributed by atoms with Crippen LogP contribution in [-0.2, 0) is 6.42 Å². The summed E-state index contributed by atoms with van der Waals surface area (Å²) in [4.78, 5) is 0. The van der Waals surface area contributed by atoms with Gasteiger partial charge in [-0.05, 0) is 32.5 Å². The normalized spacial score (nSPS) is 20.1. The minimum atomic E-state index is 0.272. The Morgan fingerprint density at radius 1 is 1.56 bits per heavy atom. The molecule has 1 aromatic rings. The quantitative estimate of drug-likeness (QED) is 0.843. The monoisotopic (exact) mass is 221 g/mol. The molecule has 2 unspecified atom stereocenters. The molecule has 0 bridgehead atoms. The van der Waals surface area contributed by atoms with Gasteiger partial charge in [-0.15, -0.1) is 0 Å². The Morgan fingerprint density at radius 3 is 3.06 bits per heavy atom. The van der Waals surface area contributed by atoms with Crippen molar-refractivity contribution in [3.8, 4) is 11.5 Å². The molecule has 1 aliphatic heterocycles. The topological polar surface area (TPSA) is 30.5 Å². The third-order valence-electron chi connectivity index (χ3n) is 3.14. The van der Waals surface area contributed by atoms with Gasteiger partial charge in [-0.1, -0.05) is 6.07 Å². The second kappa shape index (κ2) is 4.74. The van der Waals surface area contributed by atoms with Crippen LogP contribution in [0.2, 0.25) is 0 Å². The molecule has 2 rings (SSSR count). The largest absolute Gasteiger partial charge is 0.496 e. The summed E-state index contributed by atoms with van der Waals surface area (Å²) in [6.07, 6.45) is 2.24. The van der Waals surface area contributed by atoms with E-state index in [0.29, 0.717) is 6.04 Å². The van der Waals surface area contributed by atoms with Crippen molar-refractivity contribution in [2.45, 2.75) is 31.9 Å². The molecule has 3 heteroatoms. The van der Waals surface area contributed by atoms with Crippen molar-refractivity contribution in [3.05, 3.63) is 23.8 Å². The van der Waals surface area contributed by atoms with Crippen LogP contribution in [0.25, 0.3) is 0 Å². The number of benzene rings is 1. The predicted molar refractivity (Wildman–Crippen MR) is 64.3 cm³/mol. The number of rotatable bonds is 4. The SMILES string of the molecule is CNC(C)CC1Cc2c(OC)cccc2O1. The Morgan fingerprint density at radius 2 is 2.38 bits per heavy atom. The molecule has 0 fully saturated rings. The summed E-state index contributed by atoms with van der Waals surface area (Å²) in [5.74, 6) is 1.92. The minimum Gasteiger partial charge on any atom is -0.496 e. The van der Waals surface area contributed by atoms with Crippen LogP contribution in [0.3, 0.4) is 0 Å². The van der Waals surface area contributed by atoms with Crippen LogP contribution in [0.15, 0.2) is 18.2 Å². The molecule has 88 valence electrons. The second-order valence-electron chi connectivity index (χ2n) is 4.31. The molecule has 3 nitrogen and oxygen atoms in total. The van der Waals surface area contributed by atoms with Crippen molar-refractivity contribution in [2.24, 2.45) is 0 Å². The highest BCUT2D eigenvalue weighted by Crippen LogP contribution is 2.36. The third-order valence-corrected chi connectivity index (χ3v) is 3.14. The van der Waals surface area contributed by atoms with Crippen molar-refractivity contribution >= 4 is 0 Å². The van der Waals surface area contributed by atoms with Gasteiger partial charge in [0, 0.05) is 18.0 Å². The molecule has 16 heavy (non-hydrogen) atoms. The van der Waals surface area contributed by atoms with Crippen molar-refractivity contribution in [2.75, 3.05) is 14.2 Å². The molecule has 0 saturated carbocycles. The zero-order chi connectivity index (χ0) is 11.5. The fourth-order valence-electron chi connectivity index (χ4n) is 2.14. The zero-order valence-electron chi connectivity index (χ0n) is 10.1. The minimum absolute atomic E-state index is 0.272. The van der Waals surface area contributed by atoms with E-state index >= 15 is 0 Å². The molecule has 0 spiro atoms. The molecule has 1 aliphatic rings. The first-order chi connectivity index (χ1) is 7.74. The van der Waals surface area contributed by atoms with Gasteiger partial charge in [-0.25, -0.2) is 0 Å². The smallest absolute Gasteiger partial charge is 0.126 e. The standard InChI is InChI=1S/C13H19NO2/c1-9(14-2)7-10-8-11-12(15-3)5-4-6-13(11)16-10/h4-6,9-10,14H,7-8H2,1-3H3. The lowest BCUT2D eigenvalue weighted by Gasteiger charge is -2.15. The van der Waals surface area contributed by atoms with Crippen LogP contribution >= 0.6 is 0 Å². The third kappa shape index (κ3) is 2.14. The van der Waals surface area contributed by atoms with E-state index in [1.807, 2.05) is 25.2 Å². The number of nitrogens with one attached hydrogen (secondary N) is 1. The Hall–Kier alpha value is -1.22. The first-order valence-corrected chi connectivity index (χ1v) is 5.74. The van der Waals surface area contributed by atoms with Crippen molar-refractivity contribution in [1.82, 2.24) is 5.32 Å². The van der Waals surface area contributed by atoms with Gasteiger partial charge in [0.25, 0.3) is 0 Å². The predicted octanol–water partition coefficient (Wildman–Crippen LogP) is 2.00. The van der Waals surface area contributed by atoms with E-state index in [1.54, 1.807) is 7.11 Å². The summed E-state index contributed by atoms with van der Waals surface area (Å²) in [6, 6.07) is 6.46. The molecule has 0 aliphatic carbocycles. The second-order valence-corrected chi connectivity index (χ2v) is 4.31. The van der Waals surface area contributed by atoms with E-state index in [4.69, 9.17) is 9.47 Å². The highest BCUT2D eigenvalue weighted by molar-refractivity contribution is 5.47. The van der Waals surface area contributed by atoms with E-state index in [0.717, 1.165) is 24.3 Å². The van der Waals surface area contributed by atoms with E-state index in [2.05, 4.69) is 12.2 Å². The van der Waals surface area contributed by atoms with Gasteiger partial charge in [0.1, 0.15) is 17.6 Å². The molecule has 0 aromatic heterocycles. The average Bonchev–Trinajstić information content (AvgIpc) is 2.70. The van der Waals surface area contributed by atoms with Crippen LogP contribution in [-0.4, -0.2) is 26.3 Å². The maximum absolute atomic E-state index is 5.90. The summed E-state index contributed by atoms with van der Waals surface area (Å²) < 4.78 is 11.2. The fourth-order valence-corrected chi connectivity index (χ4v) is 2.14. The zero-order valence-corrected chi connectivity index (χ0v) is 10.1. The molecular formula is C13H19NO2. The van der Waals surface area contributed by atoms with Gasteiger partial charge >= 0.3 is 0 Å². The Kier molecular flexibility index (Phi) is 3.34. The maximum Gasteiger partial charge on any atom is 0.126 e. The summed E-state index contributed by atoms with van der Waals surface area (Å²) in [5.41, 5.74) is 1.21. The molecule has 0 radical (unpaired) electrons. The number of ether oxygens (including phenoxy) is 2. The lowest BCUT2D eigenvalue weighted by molar-refractivity contribution is 0.207. The van der Waals surface area contributed by atoms with Crippen LogP contribution in [0.4, 0.5) is 0 Å². The van der Waals surface area contributed by atoms with Gasteiger partial charge in [-0.3, -0.25) is 0 Å². The van der Waals surface area contributed by atoms with Crippen LogP contribution in [0.5, 0.6) is 11.5 Å². The highest BCUT2D eigenvalue weighted by Gasteiger charge is 2.26. The average molecular weight is 221 g/mol. The summed E-state index contributed by atoms with van der Waals surface area (Å²) in [6.45, 7) is 2.17.